The molecule has 0 spiro atoms. The van der Waals surface area contributed by atoms with E-state index in [4.69, 9.17) is 4.74 Å². The van der Waals surface area contributed by atoms with Crippen molar-refractivity contribution in [2.45, 2.75) is 63.6 Å². The zero-order valence-electron chi connectivity index (χ0n) is 34.1. The van der Waals surface area contributed by atoms with Crippen LogP contribution in [0.3, 0.4) is 0 Å². The number of anilines is 1. The van der Waals surface area contributed by atoms with Crippen molar-refractivity contribution in [2.24, 2.45) is 7.05 Å². The fourth-order valence-electron chi connectivity index (χ4n) is 6.31. The highest BCUT2D eigenvalue weighted by molar-refractivity contribution is 8.19. The Labute approximate surface area is 353 Å². The highest BCUT2D eigenvalue weighted by Gasteiger charge is 2.29. The van der Waals surface area contributed by atoms with Gasteiger partial charge in [-0.2, -0.15) is 4.72 Å². The van der Waals surface area contributed by atoms with Crippen molar-refractivity contribution < 1.29 is 51.1 Å². The predicted molar refractivity (Wildman–Crippen MR) is 228 cm³/mol. The summed E-state index contributed by atoms with van der Waals surface area (Å²) >= 11 is 0. The molecule has 61 heavy (non-hydrogen) atoms. The number of aliphatic carboxylic acids is 1. The summed E-state index contributed by atoms with van der Waals surface area (Å²) in [6, 6.07) is 5.51. The van der Waals surface area contributed by atoms with E-state index >= 15 is 0 Å². The van der Waals surface area contributed by atoms with Crippen LogP contribution in [0.2, 0.25) is 0 Å². The van der Waals surface area contributed by atoms with E-state index in [0.29, 0.717) is 36.7 Å². The number of aromatic amines is 1. The van der Waals surface area contributed by atoms with E-state index in [1.54, 1.807) is 49.1 Å². The fourth-order valence-corrected chi connectivity index (χ4v) is 8.69. The highest BCUT2D eigenvalue weighted by Crippen LogP contribution is 2.33. The van der Waals surface area contributed by atoms with E-state index in [-0.39, 0.29) is 71.3 Å². The molecule has 0 aliphatic carbocycles. The number of carboxylic acids is 1. The molecule has 0 saturated heterocycles. The lowest BCUT2D eigenvalue weighted by molar-refractivity contribution is -0.138. The molecular weight excluding hydrogens is 839 g/mol. The second-order valence-corrected chi connectivity index (χ2v) is 17.4. The molecule has 0 bridgehead atoms. The van der Waals surface area contributed by atoms with Crippen molar-refractivity contribution in [3.8, 4) is 5.75 Å². The lowest BCUT2D eigenvalue weighted by Gasteiger charge is -2.26. The van der Waals surface area contributed by atoms with Crippen molar-refractivity contribution >= 4 is 61.4 Å². The number of hydrogen-bond donors (Lipinski definition) is 11. The van der Waals surface area contributed by atoms with Crippen molar-refractivity contribution in [2.75, 3.05) is 43.9 Å². The molecule has 4 rings (SSSR count). The van der Waals surface area contributed by atoms with Gasteiger partial charge in [-0.3, -0.25) is 24.0 Å². The summed E-state index contributed by atoms with van der Waals surface area (Å²) in [7, 11) is -6.62. The Morgan fingerprint density at radius 3 is 2.34 bits per heavy atom. The van der Waals surface area contributed by atoms with Gasteiger partial charge < -0.3 is 59.6 Å². The average Bonchev–Trinajstić information content (AvgIpc) is 3.71. The van der Waals surface area contributed by atoms with E-state index in [1.165, 1.54) is 32.2 Å². The Morgan fingerprint density at radius 2 is 1.70 bits per heavy atom. The van der Waals surface area contributed by atoms with Gasteiger partial charge in [0, 0.05) is 76.6 Å². The van der Waals surface area contributed by atoms with Gasteiger partial charge in [0.1, 0.15) is 17.4 Å². The van der Waals surface area contributed by atoms with E-state index < -0.39 is 62.6 Å². The van der Waals surface area contributed by atoms with Gasteiger partial charge in [0.15, 0.2) is 5.95 Å². The number of carbonyl (C=O) groups excluding carboxylic acids is 3. The number of imidazole rings is 1. The van der Waals surface area contributed by atoms with Crippen LogP contribution in [0.5, 0.6) is 5.75 Å². The number of aromatic nitrogens is 3. The number of rotatable bonds is 24. The van der Waals surface area contributed by atoms with E-state index in [0.717, 1.165) is 5.56 Å². The molecule has 334 valence electrons. The van der Waals surface area contributed by atoms with Crippen LogP contribution in [0.1, 0.15) is 53.2 Å². The predicted octanol–water partition coefficient (Wildman–Crippen LogP) is 1.64. The number of aryl methyl sites for hydroxylation is 3. The van der Waals surface area contributed by atoms with Crippen LogP contribution >= 0.6 is 10.9 Å². The normalized spacial score (nSPS) is 13.0. The number of carboxylic acid groups (broad SMARTS) is 1. The molecule has 11 N–H and O–H groups in total. The number of nitrogens with one attached hydrogen (secondary N) is 7. The SMILES string of the molecule is CCC(=O)NC(CNCCNC(=O)CCCOc1cc(C)c(S(=O)(=O)N[C@@H](CNC(=O)c2cn(C)c3cc(CNc4ncc[nH]4)ccc3c2=O)C(=O)O)c(C)c1)CS(O)(O)O. The van der Waals surface area contributed by atoms with Gasteiger partial charge in [0.05, 0.1) is 39.7 Å². The summed E-state index contributed by atoms with van der Waals surface area (Å²) < 4.78 is 64.6. The topological polar surface area (TPSA) is 315 Å². The monoisotopic (exact) mass is 891 g/mol. The first kappa shape index (κ1) is 48.1. The smallest absolute Gasteiger partial charge is 0.323 e. The zero-order chi connectivity index (χ0) is 44.9. The molecule has 1 unspecified atom stereocenters. The molecule has 2 aromatic heterocycles. The van der Waals surface area contributed by atoms with Crippen molar-refractivity contribution in [1.29, 1.82) is 0 Å². The van der Waals surface area contributed by atoms with Gasteiger partial charge >= 0.3 is 5.97 Å². The van der Waals surface area contributed by atoms with Crippen molar-refractivity contribution in [1.82, 2.24) is 40.5 Å². The maximum absolute atomic E-state index is 13.5. The van der Waals surface area contributed by atoms with Crippen LogP contribution in [-0.2, 0) is 38.0 Å². The minimum Gasteiger partial charge on any atom is -0.494 e. The largest absolute Gasteiger partial charge is 0.494 e. The van der Waals surface area contributed by atoms with Crippen molar-refractivity contribution in [3.63, 3.8) is 0 Å². The number of amides is 3. The number of fused-ring (bicyclic) bond motifs is 1. The minimum atomic E-state index is -4.45. The number of nitrogens with zero attached hydrogens (tertiary/aromatic N) is 2. The van der Waals surface area contributed by atoms with E-state index in [9.17, 15) is 51.2 Å². The number of benzene rings is 2. The Hall–Kier alpha value is -5.56. The van der Waals surface area contributed by atoms with Crippen LogP contribution in [0.15, 0.2) is 58.6 Å². The summed E-state index contributed by atoms with van der Waals surface area (Å²) in [6.07, 6.45) is 5.22. The number of sulfonamides is 1. The average molecular weight is 892 g/mol. The molecule has 0 fully saturated rings. The van der Waals surface area contributed by atoms with Crippen LogP contribution in [0, 0.1) is 13.8 Å². The molecule has 4 aromatic rings. The standard InChI is InChI=1S/C38H53N9O12S2/c1-5-32(48)45-26(22-60(54,55)56)19-39-10-11-40-33(49)7-6-14-59-27-15-23(2)35(24(3)16-27)61(57,58)46-30(37(52)53)20-43-36(51)29-21-47(4)31-17-25(8-9-28(31)34(29)50)18-44-38-41-12-13-42-38/h8-9,12-13,15-17,21,26,30,39,46,54-56H,5-7,10-11,14,18-20,22H2,1-4H3,(H,40,49)(H,43,51)(H,45,48)(H,52,53)(H2,41,42,44)/t26?,30-/m0/s1. The van der Waals surface area contributed by atoms with Crippen LogP contribution < -0.4 is 41.5 Å². The third-order valence-electron chi connectivity index (χ3n) is 9.16. The summed E-state index contributed by atoms with van der Waals surface area (Å²) in [5, 5.41) is 23.9. The molecule has 0 aliphatic rings. The molecule has 2 heterocycles. The number of ether oxygens (including phenoxy) is 1. The fraction of sp³-hybridized carbons (Fsp3) is 0.421. The quantitative estimate of drug-likeness (QED) is 0.0446. The number of H-pyrrole nitrogens is 1. The lowest BCUT2D eigenvalue weighted by Crippen LogP contribution is -2.49. The summed E-state index contributed by atoms with van der Waals surface area (Å²) in [6.45, 7) is 5.18. The third kappa shape index (κ3) is 14.5. The molecule has 0 saturated carbocycles. The molecule has 3 amide bonds. The Kier molecular flexibility index (Phi) is 17.2. The first-order valence-electron chi connectivity index (χ1n) is 19.2. The Bertz CT molecular complexity index is 2330. The molecule has 23 heteroatoms. The van der Waals surface area contributed by atoms with Crippen LogP contribution in [0.25, 0.3) is 10.9 Å². The zero-order valence-corrected chi connectivity index (χ0v) is 35.7. The summed E-state index contributed by atoms with van der Waals surface area (Å²) in [5.41, 5.74) is 1.05. The second-order valence-electron chi connectivity index (χ2n) is 14.2. The molecule has 2 atom stereocenters. The number of hydrogen-bond acceptors (Lipinski definition) is 14. The van der Waals surface area contributed by atoms with E-state index in [2.05, 4.69) is 41.3 Å². The van der Waals surface area contributed by atoms with Gasteiger partial charge in [-0.15, -0.1) is 0 Å². The number of carbonyl (C=O) groups is 4. The minimum absolute atomic E-state index is 0.115. The summed E-state index contributed by atoms with van der Waals surface area (Å²) in [5.74, 6) is -2.57. The molecule has 0 radical (unpaired) electrons. The maximum atomic E-state index is 13.5. The van der Waals surface area contributed by atoms with E-state index in [1.807, 2.05) is 0 Å². The van der Waals surface area contributed by atoms with Gasteiger partial charge in [0.2, 0.25) is 27.3 Å². The number of pyridine rings is 1. The highest BCUT2D eigenvalue weighted by atomic mass is 32.3. The molecule has 21 nitrogen and oxygen atoms in total. The van der Waals surface area contributed by atoms with Crippen molar-refractivity contribution in [3.05, 3.63) is 81.4 Å². The maximum Gasteiger partial charge on any atom is 0.323 e. The first-order chi connectivity index (χ1) is 28.8. The first-order valence-corrected chi connectivity index (χ1v) is 22.3. The molecular formula is C38H53N9O12S2. The van der Waals surface area contributed by atoms with Gasteiger partial charge in [-0.05, 0) is 61.2 Å². The van der Waals surface area contributed by atoms with Gasteiger partial charge in [0.25, 0.3) is 5.91 Å². The van der Waals surface area contributed by atoms with Crippen LogP contribution in [0.4, 0.5) is 5.95 Å². The lowest BCUT2D eigenvalue weighted by atomic mass is 10.1. The molecule has 0 aliphatic heterocycles. The van der Waals surface area contributed by atoms with Crippen LogP contribution in [-0.4, -0.2) is 116 Å². The Balaban J connectivity index is 1.26. The molecule has 2 aromatic carbocycles. The third-order valence-corrected chi connectivity index (χ3v) is 11.8. The van der Waals surface area contributed by atoms with Gasteiger partial charge in [-0.25, -0.2) is 13.4 Å². The Morgan fingerprint density at radius 1 is 0.984 bits per heavy atom. The summed E-state index contributed by atoms with van der Waals surface area (Å²) in [4.78, 5) is 69.6. The second kappa shape index (κ2) is 21.8. The van der Waals surface area contributed by atoms with Gasteiger partial charge in [-0.1, -0.05) is 13.0 Å².